The van der Waals surface area contributed by atoms with Crippen molar-refractivity contribution in [2.24, 2.45) is 0 Å². The maximum atomic E-state index is 12.5. The van der Waals surface area contributed by atoms with Crippen LogP contribution in [0.1, 0.15) is 17.4 Å². The zero-order valence-electron chi connectivity index (χ0n) is 21.1. The van der Waals surface area contributed by atoms with Crippen molar-refractivity contribution in [1.82, 2.24) is 20.2 Å². The second kappa shape index (κ2) is 11.4. The van der Waals surface area contributed by atoms with Crippen LogP contribution >= 0.6 is 0 Å². The van der Waals surface area contributed by atoms with E-state index in [2.05, 4.69) is 50.0 Å². The van der Waals surface area contributed by atoms with Gasteiger partial charge in [0.25, 0.3) is 0 Å². The highest BCUT2D eigenvalue weighted by molar-refractivity contribution is 6.00. The molecule has 1 amide bonds. The van der Waals surface area contributed by atoms with E-state index in [0.717, 1.165) is 40.9 Å². The van der Waals surface area contributed by atoms with Gasteiger partial charge in [-0.2, -0.15) is 0 Å². The summed E-state index contributed by atoms with van der Waals surface area (Å²) in [5.41, 5.74) is 2.97. The molecule has 1 fully saturated rings. The smallest absolute Gasteiger partial charge is 0.411 e. The number of aromatic nitrogens is 4. The summed E-state index contributed by atoms with van der Waals surface area (Å²) in [6.07, 6.45) is -0.513. The number of carbonyl (C=O) groups excluding carboxylic acids is 1. The molecule has 1 atom stereocenters. The van der Waals surface area contributed by atoms with Crippen molar-refractivity contribution in [1.29, 1.82) is 0 Å². The fraction of sp³-hybridized carbons (Fsp3) is 0.333. The molecule has 37 heavy (non-hydrogen) atoms. The number of benzene rings is 3. The first-order valence-corrected chi connectivity index (χ1v) is 12.5. The monoisotopic (exact) mass is 502 g/mol. The molecule has 2 heterocycles. The number of quaternary nitrogens is 1. The summed E-state index contributed by atoms with van der Waals surface area (Å²) in [4.78, 5) is 16.0. The van der Waals surface area contributed by atoms with Crippen molar-refractivity contribution in [3.8, 4) is 0 Å². The Balaban J connectivity index is 1.28. The van der Waals surface area contributed by atoms with E-state index in [9.17, 15) is 4.79 Å². The second-order valence-corrected chi connectivity index (χ2v) is 9.24. The van der Waals surface area contributed by atoms with E-state index in [0.29, 0.717) is 25.4 Å². The van der Waals surface area contributed by atoms with Crippen molar-refractivity contribution in [2.75, 3.05) is 57.2 Å². The Morgan fingerprint density at radius 3 is 2.62 bits per heavy atom. The molecule has 0 bridgehead atoms. The third-order valence-corrected chi connectivity index (χ3v) is 6.67. The number of nitrogens with one attached hydrogen (secondary N) is 2. The van der Waals surface area contributed by atoms with Gasteiger partial charge in [0.05, 0.1) is 25.4 Å². The van der Waals surface area contributed by atoms with Gasteiger partial charge in [-0.15, -0.1) is 5.10 Å². The molecule has 3 aromatic carbocycles. The fourth-order valence-corrected chi connectivity index (χ4v) is 4.74. The molecule has 4 aromatic rings. The van der Waals surface area contributed by atoms with Gasteiger partial charge < -0.3 is 19.3 Å². The van der Waals surface area contributed by atoms with E-state index in [4.69, 9.17) is 9.47 Å². The normalized spacial score (nSPS) is 14.9. The average Bonchev–Trinajstić information content (AvgIpc) is 3.38. The lowest BCUT2D eigenvalue weighted by atomic mass is 10.0. The molecule has 10 heteroatoms. The fourth-order valence-electron chi connectivity index (χ4n) is 4.74. The highest BCUT2D eigenvalue weighted by atomic mass is 16.5. The van der Waals surface area contributed by atoms with Crippen molar-refractivity contribution < 1.29 is 19.2 Å². The number of hydrogen-bond donors (Lipinski definition) is 2. The molecule has 1 aromatic heterocycles. The van der Waals surface area contributed by atoms with E-state index >= 15 is 0 Å². The molecule has 0 aliphatic carbocycles. The number of amides is 1. The molecule has 2 N–H and O–H groups in total. The van der Waals surface area contributed by atoms with Crippen molar-refractivity contribution >= 4 is 28.2 Å². The zero-order valence-corrected chi connectivity index (χ0v) is 21.1. The van der Waals surface area contributed by atoms with Crippen molar-refractivity contribution in [3.63, 3.8) is 0 Å². The highest BCUT2D eigenvalue weighted by Crippen LogP contribution is 2.23. The van der Waals surface area contributed by atoms with E-state index in [1.807, 2.05) is 56.6 Å². The lowest BCUT2D eigenvalue weighted by Crippen LogP contribution is -3.14. The van der Waals surface area contributed by atoms with Gasteiger partial charge in [-0.25, -0.2) is 9.48 Å². The number of tetrazole rings is 1. The molecular formula is C27H32N7O3+. The van der Waals surface area contributed by atoms with E-state index < -0.39 is 6.09 Å². The Labute approximate surface area is 215 Å². The van der Waals surface area contributed by atoms with Gasteiger partial charge in [0.15, 0.2) is 6.04 Å². The van der Waals surface area contributed by atoms with E-state index in [-0.39, 0.29) is 12.6 Å². The number of rotatable bonds is 8. The first-order valence-electron chi connectivity index (χ1n) is 12.5. The molecule has 5 rings (SSSR count). The molecule has 1 aliphatic rings. The highest BCUT2D eigenvalue weighted by Gasteiger charge is 2.33. The molecule has 1 aliphatic heterocycles. The summed E-state index contributed by atoms with van der Waals surface area (Å²) in [5, 5.41) is 17.4. The average molecular weight is 503 g/mol. The van der Waals surface area contributed by atoms with Crippen LogP contribution in [0.5, 0.6) is 0 Å². The minimum absolute atomic E-state index is 0.0559. The number of carbonyl (C=O) groups is 1. The quantitative estimate of drug-likeness (QED) is 0.381. The van der Waals surface area contributed by atoms with Crippen LogP contribution in [0, 0.1) is 0 Å². The van der Waals surface area contributed by atoms with Crippen LogP contribution in [0.15, 0.2) is 66.7 Å². The number of hydrogen-bond acceptors (Lipinski definition) is 7. The predicted octanol–water partition coefficient (Wildman–Crippen LogP) is 2.15. The minimum Gasteiger partial charge on any atom is -0.447 e. The van der Waals surface area contributed by atoms with E-state index in [1.165, 1.54) is 4.90 Å². The summed E-state index contributed by atoms with van der Waals surface area (Å²) < 4.78 is 12.8. The van der Waals surface area contributed by atoms with Crippen LogP contribution in [0.25, 0.3) is 10.8 Å². The summed E-state index contributed by atoms with van der Waals surface area (Å²) in [7, 11) is 4.05. The topological polar surface area (TPSA) is 98.8 Å². The van der Waals surface area contributed by atoms with Crippen LogP contribution in [0.3, 0.4) is 0 Å². The Bertz CT molecular complexity index is 1330. The van der Waals surface area contributed by atoms with Crippen molar-refractivity contribution in [2.45, 2.75) is 12.6 Å². The van der Waals surface area contributed by atoms with Gasteiger partial charge in [-0.3, -0.25) is 5.32 Å². The van der Waals surface area contributed by atoms with Crippen LogP contribution in [0.2, 0.25) is 0 Å². The summed E-state index contributed by atoms with van der Waals surface area (Å²) in [6.45, 7) is 3.59. The van der Waals surface area contributed by atoms with Crippen molar-refractivity contribution in [3.05, 3.63) is 78.1 Å². The van der Waals surface area contributed by atoms with E-state index in [1.54, 1.807) is 4.68 Å². The summed E-state index contributed by atoms with van der Waals surface area (Å²) in [5.74, 6) is 0.743. The van der Waals surface area contributed by atoms with Gasteiger partial charge in [0, 0.05) is 30.7 Å². The number of morpholine rings is 1. The largest absolute Gasteiger partial charge is 0.447 e. The molecule has 10 nitrogen and oxygen atoms in total. The molecule has 192 valence electrons. The van der Waals surface area contributed by atoms with Gasteiger partial charge >= 0.3 is 6.09 Å². The van der Waals surface area contributed by atoms with Crippen LogP contribution in [-0.2, 0) is 16.0 Å². The molecule has 0 saturated carbocycles. The second-order valence-electron chi connectivity index (χ2n) is 9.24. The summed E-state index contributed by atoms with van der Waals surface area (Å²) in [6, 6.07) is 22.1. The van der Waals surface area contributed by atoms with Gasteiger partial charge in [0.1, 0.15) is 19.7 Å². The first kappa shape index (κ1) is 24.7. The molecule has 0 radical (unpaired) electrons. The molecule has 0 unspecified atom stereocenters. The number of fused-ring (bicyclic) bond motifs is 1. The number of nitrogens with zero attached hydrogens (tertiary/aromatic N) is 5. The van der Waals surface area contributed by atoms with Gasteiger partial charge in [-0.1, -0.05) is 48.5 Å². The number of ether oxygens (including phenoxy) is 2. The maximum absolute atomic E-state index is 12.5. The minimum atomic E-state index is -0.513. The predicted molar refractivity (Wildman–Crippen MR) is 141 cm³/mol. The van der Waals surface area contributed by atoms with Crippen LogP contribution in [-0.4, -0.2) is 73.3 Å². The molecular weight excluding hydrogens is 470 g/mol. The Kier molecular flexibility index (Phi) is 7.57. The zero-order chi connectivity index (χ0) is 25.6. The van der Waals surface area contributed by atoms with Gasteiger partial charge in [0.2, 0.25) is 5.82 Å². The summed E-state index contributed by atoms with van der Waals surface area (Å²) >= 11 is 0. The number of anilines is 2. The Hall–Kier alpha value is -4.02. The van der Waals surface area contributed by atoms with Crippen LogP contribution in [0.4, 0.5) is 16.2 Å². The van der Waals surface area contributed by atoms with Gasteiger partial charge in [-0.05, 0) is 34.0 Å². The lowest BCUT2D eigenvalue weighted by Gasteiger charge is -2.31. The molecule has 0 spiro atoms. The lowest BCUT2D eigenvalue weighted by molar-refractivity contribution is -0.933. The maximum Gasteiger partial charge on any atom is 0.411 e. The molecule has 1 saturated heterocycles. The van der Waals surface area contributed by atoms with Crippen LogP contribution < -0.4 is 15.1 Å². The standard InChI is InChI=1S/C27H31N7O3/c1-32(2)22-12-10-21(11-13-22)25(33-14-17-36-18-15-33)26-29-30-31-34(26)16-19-37-27(35)28-24-9-5-7-20-6-3-4-8-23(20)24/h3-13,25H,14-19H2,1-2H3,(H,28,35)/p+1/t25-/m1/s1. The Morgan fingerprint density at radius 2 is 1.84 bits per heavy atom. The third-order valence-electron chi connectivity index (χ3n) is 6.67. The Morgan fingerprint density at radius 1 is 1.08 bits per heavy atom. The first-order chi connectivity index (χ1) is 18.1. The SMILES string of the molecule is CN(C)c1ccc([C@H](c2nnnn2CCOC(=O)Nc2cccc3ccccc23)[NH+]2CCOCC2)cc1. The third kappa shape index (κ3) is 5.71.